The lowest BCUT2D eigenvalue weighted by atomic mass is 9.96. The van der Waals surface area contributed by atoms with Crippen LogP contribution in [0.2, 0.25) is 0 Å². The van der Waals surface area contributed by atoms with Crippen LogP contribution in [0.25, 0.3) is 10.8 Å². The minimum atomic E-state index is -3.69. The molecule has 1 saturated heterocycles. The Morgan fingerprint density at radius 1 is 0.941 bits per heavy atom. The Morgan fingerprint density at radius 2 is 1.65 bits per heavy atom. The second kappa shape index (κ2) is 8.92. The van der Waals surface area contributed by atoms with E-state index >= 15 is 0 Å². The average molecular weight is 481 g/mol. The molecule has 1 amide bonds. The normalized spacial score (nSPS) is 16.5. The van der Waals surface area contributed by atoms with Crippen LogP contribution in [0, 0.1) is 5.92 Å². The summed E-state index contributed by atoms with van der Waals surface area (Å²) in [5, 5.41) is 5.45. The van der Waals surface area contributed by atoms with Gasteiger partial charge in [0.15, 0.2) is 11.5 Å². The highest BCUT2D eigenvalue weighted by atomic mass is 32.2. The van der Waals surface area contributed by atoms with E-state index in [2.05, 4.69) is 23.5 Å². The Labute approximate surface area is 199 Å². The average Bonchev–Trinajstić information content (AvgIpc) is 3.29. The predicted octanol–water partition coefficient (Wildman–Crippen LogP) is 4.00. The van der Waals surface area contributed by atoms with E-state index in [4.69, 9.17) is 9.47 Å². The first-order valence-corrected chi connectivity index (χ1v) is 12.9. The van der Waals surface area contributed by atoms with Gasteiger partial charge in [0.05, 0.1) is 19.1 Å². The van der Waals surface area contributed by atoms with Crippen LogP contribution in [0.4, 0.5) is 5.69 Å². The third-order valence-electron chi connectivity index (χ3n) is 6.95. The number of benzene rings is 3. The Hall–Kier alpha value is -3.10. The van der Waals surface area contributed by atoms with E-state index < -0.39 is 10.0 Å². The van der Waals surface area contributed by atoms with Gasteiger partial charge in [-0.1, -0.05) is 24.3 Å². The highest BCUT2D eigenvalue weighted by Gasteiger charge is 2.33. The minimum Gasteiger partial charge on any atom is -0.493 e. The van der Waals surface area contributed by atoms with Crippen molar-refractivity contribution in [2.24, 2.45) is 5.92 Å². The summed E-state index contributed by atoms with van der Waals surface area (Å²) in [6.07, 6.45) is 3.02. The molecule has 0 atom stereocenters. The van der Waals surface area contributed by atoms with Crippen LogP contribution in [-0.2, 0) is 27.7 Å². The standard InChI is InChI=1S/C26H28N2O5S/c1-32-23-11-9-20(16-24(23)33-2)34(30,31)28-14-12-19(13-15-28)26(29)27-22-10-8-18-7-6-17-4-3-5-21(22)25(17)18/h3-5,8-11,16,19H,6-7,12-15H2,1-2H3,(H,27,29). The van der Waals surface area contributed by atoms with Gasteiger partial charge in [-0.25, -0.2) is 8.42 Å². The molecule has 8 heteroatoms. The van der Waals surface area contributed by atoms with Gasteiger partial charge in [0, 0.05) is 36.1 Å². The van der Waals surface area contributed by atoms with Crippen LogP contribution in [0.5, 0.6) is 11.5 Å². The number of amides is 1. The molecule has 1 aliphatic heterocycles. The maximum absolute atomic E-state index is 13.2. The second-order valence-electron chi connectivity index (χ2n) is 8.80. The Balaban J connectivity index is 1.28. The lowest BCUT2D eigenvalue weighted by molar-refractivity contribution is -0.120. The smallest absolute Gasteiger partial charge is 0.243 e. The number of piperidine rings is 1. The number of methoxy groups -OCH3 is 2. The highest BCUT2D eigenvalue weighted by Crippen LogP contribution is 2.36. The van der Waals surface area contributed by atoms with Crippen LogP contribution in [0.1, 0.15) is 24.0 Å². The number of hydrogen-bond acceptors (Lipinski definition) is 5. The van der Waals surface area contributed by atoms with E-state index in [-0.39, 0.29) is 16.7 Å². The molecular weight excluding hydrogens is 452 g/mol. The molecule has 1 N–H and O–H groups in total. The second-order valence-corrected chi connectivity index (χ2v) is 10.7. The van der Waals surface area contributed by atoms with Gasteiger partial charge in [0.25, 0.3) is 0 Å². The van der Waals surface area contributed by atoms with Gasteiger partial charge in [-0.2, -0.15) is 4.31 Å². The van der Waals surface area contributed by atoms with E-state index in [1.807, 2.05) is 12.1 Å². The van der Waals surface area contributed by atoms with Crippen molar-refractivity contribution in [3.63, 3.8) is 0 Å². The van der Waals surface area contributed by atoms with Crippen molar-refractivity contribution in [3.05, 3.63) is 59.7 Å². The SMILES string of the molecule is COc1ccc(S(=O)(=O)N2CCC(C(=O)Nc3ccc4c5c(cccc35)CC4)CC2)cc1OC. The summed E-state index contributed by atoms with van der Waals surface area (Å²) >= 11 is 0. The zero-order chi connectivity index (χ0) is 23.9. The van der Waals surface area contributed by atoms with Crippen LogP contribution in [0.15, 0.2) is 53.4 Å². The van der Waals surface area contributed by atoms with E-state index in [1.54, 1.807) is 6.07 Å². The zero-order valence-electron chi connectivity index (χ0n) is 19.3. The Morgan fingerprint density at radius 3 is 2.35 bits per heavy atom. The predicted molar refractivity (Wildman–Crippen MR) is 131 cm³/mol. The molecule has 34 heavy (non-hydrogen) atoms. The molecule has 0 aromatic heterocycles. The molecule has 2 aliphatic rings. The number of carbonyl (C=O) groups is 1. The molecule has 0 unspecified atom stereocenters. The first-order chi connectivity index (χ1) is 16.4. The number of carbonyl (C=O) groups excluding carboxylic acids is 1. The molecule has 0 spiro atoms. The molecule has 3 aromatic carbocycles. The number of ether oxygens (including phenoxy) is 2. The summed E-state index contributed by atoms with van der Waals surface area (Å²) in [6, 6.07) is 14.9. The zero-order valence-corrected chi connectivity index (χ0v) is 20.2. The topological polar surface area (TPSA) is 84.9 Å². The number of rotatable bonds is 6. The van der Waals surface area contributed by atoms with E-state index in [0.29, 0.717) is 37.4 Å². The summed E-state index contributed by atoms with van der Waals surface area (Å²) in [4.78, 5) is 13.2. The van der Waals surface area contributed by atoms with Gasteiger partial charge in [0.2, 0.25) is 15.9 Å². The number of hydrogen-bond donors (Lipinski definition) is 1. The maximum Gasteiger partial charge on any atom is 0.243 e. The van der Waals surface area contributed by atoms with E-state index in [1.165, 1.54) is 47.2 Å². The van der Waals surface area contributed by atoms with Crippen LogP contribution < -0.4 is 14.8 Å². The van der Waals surface area contributed by atoms with Gasteiger partial charge in [-0.15, -0.1) is 0 Å². The van der Waals surface area contributed by atoms with Crippen LogP contribution >= 0.6 is 0 Å². The first kappa shape index (κ1) is 22.7. The fraction of sp³-hybridized carbons (Fsp3) is 0.346. The maximum atomic E-state index is 13.2. The molecule has 1 fully saturated rings. The molecule has 1 aliphatic carbocycles. The Bertz CT molecular complexity index is 1350. The van der Waals surface area contributed by atoms with Crippen LogP contribution in [0.3, 0.4) is 0 Å². The fourth-order valence-corrected chi connectivity index (χ4v) is 6.56. The largest absolute Gasteiger partial charge is 0.493 e. The number of sulfonamides is 1. The molecule has 178 valence electrons. The summed E-state index contributed by atoms with van der Waals surface area (Å²) in [6.45, 7) is 0.581. The van der Waals surface area contributed by atoms with Crippen molar-refractivity contribution in [2.45, 2.75) is 30.6 Å². The third-order valence-corrected chi connectivity index (χ3v) is 8.85. The molecule has 0 saturated carbocycles. The third kappa shape index (κ3) is 3.91. The van der Waals surface area contributed by atoms with Crippen molar-refractivity contribution < 1.29 is 22.7 Å². The molecule has 3 aromatic rings. The Kier molecular flexibility index (Phi) is 5.95. The highest BCUT2D eigenvalue weighted by molar-refractivity contribution is 7.89. The summed E-state index contributed by atoms with van der Waals surface area (Å²) in [7, 11) is -0.715. The number of nitrogens with zero attached hydrogens (tertiary/aromatic N) is 1. The minimum absolute atomic E-state index is 0.0538. The number of aryl methyl sites for hydroxylation is 2. The first-order valence-electron chi connectivity index (χ1n) is 11.5. The molecule has 0 bridgehead atoms. The molecule has 1 heterocycles. The molecular formula is C26H28N2O5S. The summed E-state index contributed by atoms with van der Waals surface area (Å²) in [5.74, 6) is 0.546. The van der Waals surface area contributed by atoms with Crippen molar-refractivity contribution >= 4 is 32.4 Å². The quantitative estimate of drug-likeness (QED) is 0.577. The number of nitrogens with one attached hydrogen (secondary N) is 1. The van der Waals surface area contributed by atoms with Crippen molar-refractivity contribution in [2.75, 3.05) is 32.6 Å². The molecule has 0 radical (unpaired) electrons. The van der Waals surface area contributed by atoms with Crippen LogP contribution in [-0.4, -0.2) is 45.9 Å². The molecule has 7 nitrogen and oxygen atoms in total. The van der Waals surface area contributed by atoms with Crippen molar-refractivity contribution in [1.29, 1.82) is 0 Å². The van der Waals surface area contributed by atoms with E-state index in [9.17, 15) is 13.2 Å². The van der Waals surface area contributed by atoms with Gasteiger partial charge in [-0.05, 0) is 60.4 Å². The lowest BCUT2D eigenvalue weighted by Gasteiger charge is -2.30. The lowest BCUT2D eigenvalue weighted by Crippen LogP contribution is -2.41. The molecule has 5 rings (SSSR count). The van der Waals surface area contributed by atoms with Gasteiger partial charge < -0.3 is 14.8 Å². The van der Waals surface area contributed by atoms with Crippen molar-refractivity contribution in [3.8, 4) is 11.5 Å². The monoisotopic (exact) mass is 480 g/mol. The fourth-order valence-electron chi connectivity index (χ4n) is 5.08. The van der Waals surface area contributed by atoms with Gasteiger partial charge in [-0.3, -0.25) is 4.79 Å². The van der Waals surface area contributed by atoms with Gasteiger partial charge in [0.1, 0.15) is 0 Å². The van der Waals surface area contributed by atoms with Crippen molar-refractivity contribution in [1.82, 2.24) is 4.31 Å². The summed E-state index contributed by atoms with van der Waals surface area (Å²) in [5.41, 5.74) is 3.49. The van der Waals surface area contributed by atoms with Gasteiger partial charge >= 0.3 is 0 Å². The van der Waals surface area contributed by atoms with E-state index in [0.717, 1.165) is 23.9 Å². The number of anilines is 1. The summed E-state index contributed by atoms with van der Waals surface area (Å²) < 4.78 is 38.2.